The van der Waals surface area contributed by atoms with Crippen LogP contribution >= 0.6 is 11.6 Å². The summed E-state index contributed by atoms with van der Waals surface area (Å²) in [6.07, 6.45) is 0.628. The first kappa shape index (κ1) is 24.1. The molecule has 2 aromatic rings. The number of benzene rings is 1. The van der Waals surface area contributed by atoms with Crippen molar-refractivity contribution >= 4 is 35.6 Å². The number of nitrogen functional groups attached to an aromatic ring is 2. The second-order valence-corrected chi connectivity index (χ2v) is 6.46. The monoisotopic (exact) mass is 452 g/mol. The maximum atomic E-state index is 12.2. The summed E-state index contributed by atoms with van der Waals surface area (Å²) in [6, 6.07) is 7.23. The molecule has 0 aliphatic carbocycles. The highest BCUT2D eigenvalue weighted by molar-refractivity contribution is 6.31. The maximum absolute atomic E-state index is 12.2. The number of ether oxygens (including phenoxy) is 3. The summed E-state index contributed by atoms with van der Waals surface area (Å²) in [7, 11) is 0. The molecule has 0 fully saturated rings. The fourth-order valence-electron chi connectivity index (χ4n) is 2.31. The van der Waals surface area contributed by atoms with Crippen LogP contribution in [0.3, 0.4) is 0 Å². The summed E-state index contributed by atoms with van der Waals surface area (Å²) >= 11 is 5.79. The van der Waals surface area contributed by atoms with Gasteiger partial charge in [-0.3, -0.25) is 9.59 Å². The second kappa shape index (κ2) is 13.2. The predicted molar refractivity (Wildman–Crippen MR) is 115 cm³/mol. The van der Waals surface area contributed by atoms with Crippen molar-refractivity contribution in [3.8, 4) is 5.75 Å². The molecular formula is C19H25ClN6O5. The molecule has 0 aliphatic heterocycles. The van der Waals surface area contributed by atoms with Crippen molar-refractivity contribution in [1.29, 1.82) is 0 Å². The zero-order valence-electron chi connectivity index (χ0n) is 16.8. The van der Waals surface area contributed by atoms with Gasteiger partial charge in [0.05, 0.1) is 26.4 Å². The van der Waals surface area contributed by atoms with Crippen LogP contribution in [0.1, 0.15) is 16.1 Å². The third-order valence-corrected chi connectivity index (χ3v) is 4.12. The lowest BCUT2D eigenvalue weighted by molar-refractivity contribution is -0.109. The van der Waals surface area contributed by atoms with Crippen LogP contribution in [-0.2, 0) is 20.8 Å². The molecule has 0 saturated carbocycles. The van der Waals surface area contributed by atoms with Gasteiger partial charge in [-0.1, -0.05) is 23.7 Å². The zero-order valence-corrected chi connectivity index (χ0v) is 17.6. The molecule has 1 aromatic carbocycles. The Morgan fingerprint density at radius 3 is 2.39 bits per heavy atom. The fourth-order valence-corrected chi connectivity index (χ4v) is 2.44. The standard InChI is InChI=1S/C19H25ClN6O5/c20-16-18(22)26-17(21)15(25-16)19(28)24-11-13-1-3-14(4-2-13)31-10-9-30-8-7-29-6-5-23-12-27/h1-4,12H,5-11H2,(H,23,27)(H,24,28)(H4,21,22,26). The van der Waals surface area contributed by atoms with Gasteiger partial charge in [-0.2, -0.15) is 0 Å². The van der Waals surface area contributed by atoms with E-state index in [1.807, 2.05) is 12.1 Å². The van der Waals surface area contributed by atoms with E-state index in [9.17, 15) is 9.59 Å². The van der Waals surface area contributed by atoms with E-state index in [-0.39, 0.29) is 29.0 Å². The molecule has 0 radical (unpaired) electrons. The number of carbonyl (C=O) groups excluding carboxylic acids is 2. The van der Waals surface area contributed by atoms with Gasteiger partial charge in [0.25, 0.3) is 5.91 Å². The van der Waals surface area contributed by atoms with E-state index in [2.05, 4.69) is 20.6 Å². The number of hydrogen-bond acceptors (Lipinski definition) is 9. The summed E-state index contributed by atoms with van der Waals surface area (Å²) in [4.78, 5) is 29.9. The number of halogens is 1. The summed E-state index contributed by atoms with van der Waals surface area (Å²) in [6.45, 7) is 2.87. The molecule has 168 valence electrons. The first-order valence-corrected chi connectivity index (χ1v) is 9.80. The van der Waals surface area contributed by atoms with Crippen molar-refractivity contribution in [2.75, 3.05) is 51.0 Å². The van der Waals surface area contributed by atoms with Crippen molar-refractivity contribution in [1.82, 2.24) is 20.6 Å². The lowest BCUT2D eigenvalue weighted by atomic mass is 10.2. The van der Waals surface area contributed by atoms with E-state index in [0.29, 0.717) is 51.7 Å². The van der Waals surface area contributed by atoms with Crippen LogP contribution in [0.15, 0.2) is 24.3 Å². The van der Waals surface area contributed by atoms with Crippen molar-refractivity contribution in [2.45, 2.75) is 6.54 Å². The van der Waals surface area contributed by atoms with E-state index in [1.54, 1.807) is 12.1 Å². The number of hydrogen-bond donors (Lipinski definition) is 4. The summed E-state index contributed by atoms with van der Waals surface area (Å²) in [5.74, 6) is 0.0455. The third kappa shape index (κ3) is 8.62. The highest BCUT2D eigenvalue weighted by Gasteiger charge is 2.15. The van der Waals surface area contributed by atoms with Gasteiger partial charge in [0, 0.05) is 13.1 Å². The van der Waals surface area contributed by atoms with Gasteiger partial charge in [-0.05, 0) is 17.7 Å². The zero-order chi connectivity index (χ0) is 22.5. The van der Waals surface area contributed by atoms with Gasteiger partial charge < -0.3 is 36.3 Å². The molecular weight excluding hydrogens is 428 g/mol. The highest BCUT2D eigenvalue weighted by Crippen LogP contribution is 2.17. The smallest absolute Gasteiger partial charge is 0.274 e. The molecule has 12 heteroatoms. The number of rotatable bonds is 14. The molecule has 0 spiro atoms. The maximum Gasteiger partial charge on any atom is 0.274 e. The number of nitrogens with one attached hydrogen (secondary N) is 2. The first-order valence-electron chi connectivity index (χ1n) is 9.42. The van der Waals surface area contributed by atoms with Gasteiger partial charge in [0.1, 0.15) is 12.4 Å². The average molecular weight is 453 g/mol. The van der Waals surface area contributed by atoms with Crippen LogP contribution in [0.2, 0.25) is 5.15 Å². The van der Waals surface area contributed by atoms with Crippen LogP contribution in [0.4, 0.5) is 11.6 Å². The molecule has 0 atom stereocenters. The van der Waals surface area contributed by atoms with E-state index in [4.69, 9.17) is 37.3 Å². The van der Waals surface area contributed by atoms with E-state index < -0.39 is 5.91 Å². The van der Waals surface area contributed by atoms with Gasteiger partial charge in [0.15, 0.2) is 22.5 Å². The van der Waals surface area contributed by atoms with Crippen molar-refractivity contribution in [2.24, 2.45) is 0 Å². The average Bonchev–Trinajstić information content (AvgIpc) is 2.76. The number of anilines is 2. The summed E-state index contributed by atoms with van der Waals surface area (Å²) < 4.78 is 16.2. The minimum atomic E-state index is -0.506. The van der Waals surface area contributed by atoms with Crippen LogP contribution in [0, 0.1) is 0 Å². The Labute approximate surface area is 184 Å². The highest BCUT2D eigenvalue weighted by atomic mass is 35.5. The Morgan fingerprint density at radius 2 is 1.68 bits per heavy atom. The van der Waals surface area contributed by atoms with Crippen molar-refractivity contribution < 1.29 is 23.8 Å². The Kier molecular flexibility index (Phi) is 10.3. The molecule has 1 heterocycles. The van der Waals surface area contributed by atoms with Crippen LogP contribution in [-0.4, -0.2) is 61.9 Å². The minimum absolute atomic E-state index is 0.0336. The molecule has 6 N–H and O–H groups in total. The van der Waals surface area contributed by atoms with E-state index >= 15 is 0 Å². The number of amides is 2. The largest absolute Gasteiger partial charge is 0.491 e. The number of carbonyl (C=O) groups is 2. The predicted octanol–water partition coefficient (Wildman–Crippen LogP) is 0.382. The Bertz CT molecular complexity index is 852. The second-order valence-electron chi connectivity index (χ2n) is 6.11. The summed E-state index contributed by atoms with van der Waals surface area (Å²) in [5.41, 5.74) is 11.9. The van der Waals surface area contributed by atoms with Gasteiger partial charge in [-0.25, -0.2) is 9.97 Å². The quantitative estimate of drug-likeness (QED) is 0.234. The Balaban J connectivity index is 1.64. The first-order chi connectivity index (χ1) is 15.0. The van der Waals surface area contributed by atoms with Gasteiger partial charge in [-0.15, -0.1) is 0 Å². The van der Waals surface area contributed by atoms with Crippen molar-refractivity contribution in [3.05, 3.63) is 40.7 Å². The molecule has 0 unspecified atom stereocenters. The van der Waals surface area contributed by atoms with Gasteiger partial charge in [0.2, 0.25) is 6.41 Å². The van der Waals surface area contributed by atoms with Crippen LogP contribution in [0.25, 0.3) is 0 Å². The lowest BCUT2D eigenvalue weighted by Crippen LogP contribution is -2.25. The van der Waals surface area contributed by atoms with Gasteiger partial charge >= 0.3 is 0 Å². The molecule has 2 amide bonds. The Hall–Kier alpha value is -3.15. The number of nitrogens with zero attached hydrogens (tertiary/aromatic N) is 2. The molecule has 0 bridgehead atoms. The van der Waals surface area contributed by atoms with Crippen LogP contribution < -0.4 is 26.8 Å². The number of nitrogens with two attached hydrogens (primary N) is 2. The lowest BCUT2D eigenvalue weighted by Gasteiger charge is -2.10. The molecule has 0 aliphatic rings. The molecule has 0 saturated heterocycles. The van der Waals surface area contributed by atoms with E-state index in [1.165, 1.54) is 0 Å². The summed E-state index contributed by atoms with van der Waals surface area (Å²) in [5, 5.41) is 5.12. The molecule has 1 aromatic heterocycles. The Morgan fingerprint density at radius 1 is 1.00 bits per heavy atom. The SMILES string of the molecule is Nc1nc(N)c(C(=O)NCc2ccc(OCCOCCOCCNC=O)cc2)nc1Cl. The molecule has 31 heavy (non-hydrogen) atoms. The van der Waals surface area contributed by atoms with E-state index in [0.717, 1.165) is 5.56 Å². The topological polar surface area (TPSA) is 164 Å². The fraction of sp³-hybridized carbons (Fsp3) is 0.368. The molecule has 11 nitrogen and oxygen atoms in total. The third-order valence-electron chi connectivity index (χ3n) is 3.84. The minimum Gasteiger partial charge on any atom is -0.491 e. The molecule has 2 rings (SSSR count). The number of aromatic nitrogens is 2. The van der Waals surface area contributed by atoms with Crippen molar-refractivity contribution in [3.63, 3.8) is 0 Å². The normalized spacial score (nSPS) is 10.5. The van der Waals surface area contributed by atoms with Crippen LogP contribution in [0.5, 0.6) is 5.75 Å².